The molecule has 16 nitrogen and oxygen atoms in total. The smallest absolute Gasteiger partial charge is 0.463 e. The second kappa shape index (κ2) is 70.8. The average Bonchev–Trinajstić information content (AvgIpc) is 3.02. The summed E-state index contributed by atoms with van der Waals surface area (Å²) in [5.41, 5.74) is 0. The van der Waals surface area contributed by atoms with Crippen LogP contribution in [0.25, 0.3) is 0 Å². The van der Waals surface area contributed by atoms with Crippen molar-refractivity contribution < 1.29 is 75.8 Å². The Morgan fingerprint density at radius 2 is 0.568 bits per heavy atom. The molecule has 554 valence electrons. The molecule has 0 aliphatic rings. The average molecular weight is 1380 g/mol. The molecule has 0 bridgehead atoms. The Morgan fingerprint density at radius 3 is 0.926 bits per heavy atom. The van der Waals surface area contributed by atoms with Crippen molar-refractivity contribution in [3.8, 4) is 0 Å². The summed E-state index contributed by atoms with van der Waals surface area (Å²) in [6.45, 7) is 2.55. The maximum atomic E-state index is 12.8. The van der Waals surface area contributed by atoms with Gasteiger partial charge < -0.3 is 34.2 Å². The lowest BCUT2D eigenvalue weighted by atomic mass is 10.0. The Hall–Kier alpha value is -3.01. The van der Waals surface area contributed by atoms with Crippen LogP contribution in [0.3, 0.4) is 0 Å². The van der Waals surface area contributed by atoms with Crippen molar-refractivity contribution >= 4 is 33.6 Å². The van der Waals surface area contributed by atoms with Gasteiger partial charge in [0.1, 0.15) is 25.4 Å². The van der Waals surface area contributed by atoms with Gasteiger partial charge >= 0.3 is 33.6 Å². The molecule has 0 aliphatic heterocycles. The highest BCUT2D eigenvalue weighted by Gasteiger charge is 2.29. The van der Waals surface area contributed by atoms with Gasteiger partial charge in [0.2, 0.25) is 0 Å². The molecule has 0 aromatic carbocycles. The molecule has 95 heavy (non-hydrogen) atoms. The van der Waals surface area contributed by atoms with Crippen molar-refractivity contribution in [3.63, 3.8) is 0 Å². The Bertz CT molecular complexity index is 2020. The van der Waals surface area contributed by atoms with E-state index in [0.29, 0.717) is 19.3 Å². The zero-order valence-electron chi connectivity index (χ0n) is 60.3. The van der Waals surface area contributed by atoms with Gasteiger partial charge in [0.25, 0.3) is 0 Å². The first-order chi connectivity index (χ1) is 46.2. The number of phosphoric ester groups is 2. The standard InChI is InChI=1S/C77H140O16P2/c1-4-7-10-13-16-19-22-24-25-26-27-28-29-30-31-32-33-34-35-36-37-38-39-40-41-42-43-44-45-47-50-51-54-57-60-63-75(80)87-66-72(78)67-89-94(83,84)90-68-73(79)69-91-95(85,86)92-71-74(93-77(82)65-62-59-56-53-48-21-18-15-12-9-6-3)70-88-76(81)64-61-58-55-52-49-46-23-20-17-14-11-8-5-2/h7,10,15-16,18-19,24-25,27-28,30-31,72-74,78-79H,4-6,8-9,11-14,17,20-23,26,29,32-71H2,1-3H3,(H,83,84)(H,85,86)/b10-7-,18-15-,19-16-,25-24-,28-27-,31-30-. The van der Waals surface area contributed by atoms with Gasteiger partial charge in [-0.3, -0.25) is 32.5 Å². The normalized spacial score (nSPS) is 14.5. The van der Waals surface area contributed by atoms with Crippen LogP contribution in [0.2, 0.25) is 0 Å². The van der Waals surface area contributed by atoms with Crippen LogP contribution < -0.4 is 0 Å². The molecule has 0 heterocycles. The summed E-state index contributed by atoms with van der Waals surface area (Å²) in [5, 5.41) is 20.6. The van der Waals surface area contributed by atoms with Gasteiger partial charge in [0, 0.05) is 19.3 Å². The maximum absolute atomic E-state index is 12.8. The number of rotatable bonds is 73. The first kappa shape index (κ1) is 92.0. The van der Waals surface area contributed by atoms with Crippen LogP contribution in [0.4, 0.5) is 0 Å². The van der Waals surface area contributed by atoms with Crippen molar-refractivity contribution in [2.45, 2.75) is 360 Å². The molecule has 0 saturated carbocycles. The predicted octanol–water partition coefficient (Wildman–Crippen LogP) is 21.9. The monoisotopic (exact) mass is 1380 g/mol. The number of ether oxygens (including phenoxy) is 3. The molecule has 0 spiro atoms. The van der Waals surface area contributed by atoms with Crippen LogP contribution in [0.15, 0.2) is 72.9 Å². The van der Waals surface area contributed by atoms with E-state index >= 15 is 0 Å². The van der Waals surface area contributed by atoms with Crippen molar-refractivity contribution in [1.29, 1.82) is 0 Å². The van der Waals surface area contributed by atoms with Gasteiger partial charge in [-0.05, 0) is 83.5 Å². The van der Waals surface area contributed by atoms with E-state index in [0.717, 1.165) is 109 Å². The molecule has 0 aliphatic carbocycles. The van der Waals surface area contributed by atoms with Gasteiger partial charge in [0.15, 0.2) is 6.10 Å². The van der Waals surface area contributed by atoms with E-state index in [1.54, 1.807) is 0 Å². The van der Waals surface area contributed by atoms with Crippen LogP contribution >= 0.6 is 15.6 Å². The van der Waals surface area contributed by atoms with E-state index < -0.39 is 91.5 Å². The fourth-order valence-electron chi connectivity index (χ4n) is 10.6. The number of aliphatic hydroxyl groups is 2. The first-order valence-corrected chi connectivity index (χ1v) is 41.2. The highest BCUT2D eigenvalue weighted by molar-refractivity contribution is 7.47. The summed E-state index contributed by atoms with van der Waals surface area (Å²) in [7, 11) is -9.76. The molecular weight excluding hydrogens is 1240 g/mol. The molecule has 0 aromatic heterocycles. The molecule has 18 heteroatoms. The van der Waals surface area contributed by atoms with Gasteiger partial charge in [-0.2, -0.15) is 0 Å². The summed E-state index contributed by atoms with van der Waals surface area (Å²) < 4.78 is 60.9. The summed E-state index contributed by atoms with van der Waals surface area (Å²) in [6.07, 6.45) is 77.1. The van der Waals surface area contributed by atoms with Gasteiger partial charge in [-0.25, -0.2) is 9.13 Å². The van der Waals surface area contributed by atoms with E-state index in [4.69, 9.17) is 32.3 Å². The zero-order valence-corrected chi connectivity index (χ0v) is 62.1. The van der Waals surface area contributed by atoms with E-state index in [1.165, 1.54) is 173 Å². The lowest BCUT2D eigenvalue weighted by Crippen LogP contribution is -2.30. The number of carbonyl (C=O) groups excluding carboxylic acids is 3. The Kier molecular flexibility index (Phi) is 68.6. The highest BCUT2D eigenvalue weighted by atomic mass is 31.2. The molecule has 0 aromatic rings. The highest BCUT2D eigenvalue weighted by Crippen LogP contribution is 2.45. The lowest BCUT2D eigenvalue weighted by molar-refractivity contribution is -0.161. The predicted molar refractivity (Wildman–Crippen MR) is 390 cm³/mol. The number of phosphoric acid groups is 2. The Labute approximate surface area is 579 Å². The zero-order chi connectivity index (χ0) is 69.5. The Balaban J connectivity index is 4.23. The summed E-state index contributed by atoms with van der Waals surface area (Å²) in [4.78, 5) is 58.3. The SMILES string of the molecule is CC/C=C\C/C=C\C/C=C\C/C=C\C/C=C\CCCCCCCCCCCCCCCCCCCCCC(=O)OCC(O)COP(=O)(O)OCC(O)COP(=O)(O)OCC(COC(=O)CCCCCCCCCCCCCCC)OC(=O)CCCCCCC/C=C\CCCC. The second-order valence-electron chi connectivity index (χ2n) is 25.8. The summed E-state index contributed by atoms with van der Waals surface area (Å²) in [5.74, 6) is -1.57. The van der Waals surface area contributed by atoms with E-state index in [-0.39, 0.29) is 19.3 Å². The van der Waals surface area contributed by atoms with E-state index in [9.17, 15) is 43.5 Å². The number of carbonyl (C=O) groups is 3. The summed E-state index contributed by atoms with van der Waals surface area (Å²) >= 11 is 0. The van der Waals surface area contributed by atoms with Gasteiger partial charge in [-0.15, -0.1) is 0 Å². The van der Waals surface area contributed by atoms with Crippen LogP contribution in [-0.2, 0) is 55.8 Å². The first-order valence-electron chi connectivity index (χ1n) is 38.2. The number of allylic oxidation sites excluding steroid dienone is 12. The van der Waals surface area contributed by atoms with Gasteiger partial charge in [0.05, 0.1) is 26.4 Å². The molecule has 0 rings (SSSR count). The summed E-state index contributed by atoms with van der Waals surface area (Å²) in [6, 6.07) is 0. The van der Waals surface area contributed by atoms with Crippen LogP contribution in [0, 0.1) is 0 Å². The Morgan fingerprint density at radius 1 is 0.305 bits per heavy atom. The van der Waals surface area contributed by atoms with Crippen molar-refractivity contribution in [2.24, 2.45) is 0 Å². The quantitative estimate of drug-likeness (QED) is 0.0146. The molecule has 5 atom stereocenters. The lowest BCUT2D eigenvalue weighted by Gasteiger charge is -2.21. The molecular formula is C77H140O16P2. The fourth-order valence-corrected chi connectivity index (χ4v) is 12.2. The minimum atomic E-state index is -4.91. The number of hydrogen-bond donors (Lipinski definition) is 4. The number of esters is 3. The van der Waals surface area contributed by atoms with Crippen LogP contribution in [0.5, 0.6) is 0 Å². The maximum Gasteiger partial charge on any atom is 0.472 e. The minimum absolute atomic E-state index is 0.0994. The van der Waals surface area contributed by atoms with Crippen molar-refractivity contribution in [3.05, 3.63) is 72.9 Å². The minimum Gasteiger partial charge on any atom is -0.463 e. The second-order valence-corrected chi connectivity index (χ2v) is 28.7. The third kappa shape index (κ3) is 72.1. The van der Waals surface area contributed by atoms with Crippen molar-refractivity contribution in [2.75, 3.05) is 39.6 Å². The number of unbranched alkanes of at least 4 members (excludes halogenated alkanes) is 38. The molecule has 0 radical (unpaired) electrons. The third-order valence-electron chi connectivity index (χ3n) is 16.4. The number of aliphatic hydroxyl groups excluding tert-OH is 2. The topological polar surface area (TPSA) is 231 Å². The molecule has 0 amide bonds. The van der Waals surface area contributed by atoms with Gasteiger partial charge in [-0.1, -0.05) is 312 Å². The van der Waals surface area contributed by atoms with Crippen molar-refractivity contribution in [1.82, 2.24) is 0 Å². The fraction of sp³-hybridized carbons (Fsp3) is 0.805. The number of hydrogen-bond acceptors (Lipinski definition) is 14. The van der Waals surface area contributed by atoms with Crippen LogP contribution in [0.1, 0.15) is 342 Å². The van der Waals surface area contributed by atoms with Crippen LogP contribution in [-0.4, -0.2) is 95.9 Å². The molecule has 4 N–H and O–H groups in total. The van der Waals surface area contributed by atoms with E-state index in [2.05, 4.69) is 93.7 Å². The van der Waals surface area contributed by atoms with E-state index in [1.807, 2.05) is 0 Å². The third-order valence-corrected chi connectivity index (χ3v) is 18.3. The molecule has 5 unspecified atom stereocenters. The largest absolute Gasteiger partial charge is 0.472 e. The molecule has 0 fully saturated rings. The molecule has 0 saturated heterocycles.